The van der Waals surface area contributed by atoms with Gasteiger partial charge in [0.1, 0.15) is 0 Å². The van der Waals surface area contributed by atoms with E-state index in [1.807, 2.05) is 27.7 Å². The second kappa shape index (κ2) is 2.62. The van der Waals surface area contributed by atoms with Crippen LogP contribution < -0.4 is 0 Å². The monoisotopic (exact) mass is 134 g/mol. The Labute approximate surface area is 53.9 Å². The summed E-state index contributed by atoms with van der Waals surface area (Å²) in [6.07, 6.45) is 0. The zero-order chi connectivity index (χ0) is 6.78. The third kappa shape index (κ3) is 2.46. The number of hydrogen-bond acceptors (Lipinski definition) is 1. The molecule has 1 nitrogen and oxygen atoms in total. The normalized spacial score (nSPS) is 16.0. The molecule has 0 fully saturated rings. The lowest BCUT2D eigenvalue weighted by molar-refractivity contribution is 0.650. The van der Waals surface area contributed by atoms with Crippen LogP contribution in [0.3, 0.4) is 0 Å². The summed E-state index contributed by atoms with van der Waals surface area (Å²) in [5.74, 6) is 0.767. The molecule has 0 heterocycles. The Balaban J connectivity index is 3.82. The van der Waals surface area contributed by atoms with Gasteiger partial charge in [-0.1, -0.05) is 6.92 Å². The maximum atomic E-state index is 10.9. The second-order valence-corrected chi connectivity index (χ2v) is 5.24. The highest BCUT2D eigenvalue weighted by molar-refractivity contribution is 7.86. The van der Waals surface area contributed by atoms with Crippen molar-refractivity contribution in [1.82, 2.24) is 0 Å². The first-order valence-corrected chi connectivity index (χ1v) is 4.19. The number of hydrogen-bond donors (Lipinski definition) is 0. The van der Waals surface area contributed by atoms with Gasteiger partial charge in [0.15, 0.2) is 0 Å². The zero-order valence-corrected chi connectivity index (χ0v) is 6.84. The SMILES string of the molecule is CC[S@@](=O)C(C)(C)C. The minimum absolute atomic E-state index is 0.0191. The zero-order valence-electron chi connectivity index (χ0n) is 6.02. The van der Waals surface area contributed by atoms with E-state index in [0.29, 0.717) is 0 Å². The first kappa shape index (κ1) is 8.15. The molecule has 0 aliphatic rings. The Bertz CT molecular complexity index is 91.2. The molecule has 0 radical (unpaired) electrons. The Morgan fingerprint density at radius 3 is 1.75 bits per heavy atom. The quantitative estimate of drug-likeness (QED) is 0.532. The van der Waals surface area contributed by atoms with Crippen LogP contribution in [0.25, 0.3) is 0 Å². The second-order valence-electron chi connectivity index (χ2n) is 2.75. The molecule has 0 aromatic carbocycles. The highest BCUT2D eigenvalue weighted by Gasteiger charge is 2.16. The lowest BCUT2D eigenvalue weighted by atomic mass is 10.3. The Hall–Kier alpha value is 0.150. The van der Waals surface area contributed by atoms with E-state index in [2.05, 4.69) is 0 Å². The molecule has 1 atom stereocenters. The van der Waals surface area contributed by atoms with Crippen LogP contribution in [0, 0.1) is 0 Å². The summed E-state index contributed by atoms with van der Waals surface area (Å²) in [5.41, 5.74) is 0. The van der Waals surface area contributed by atoms with Gasteiger partial charge >= 0.3 is 0 Å². The molecule has 0 aromatic rings. The van der Waals surface area contributed by atoms with Crippen LogP contribution in [-0.2, 0) is 10.8 Å². The first-order valence-electron chi connectivity index (χ1n) is 2.87. The standard InChI is InChI=1S/C6H14OS/c1-5-8(7)6(2,3)4/h5H2,1-4H3/t8-/m1/s1. The maximum Gasteiger partial charge on any atom is 0.0374 e. The van der Waals surface area contributed by atoms with Crippen molar-refractivity contribution in [2.75, 3.05) is 5.75 Å². The molecule has 0 saturated carbocycles. The molecule has 0 aromatic heterocycles. The van der Waals surface area contributed by atoms with Gasteiger partial charge in [-0.3, -0.25) is 4.21 Å². The van der Waals surface area contributed by atoms with Crippen molar-refractivity contribution >= 4 is 10.8 Å². The summed E-state index contributed by atoms with van der Waals surface area (Å²) < 4.78 is 10.9. The van der Waals surface area contributed by atoms with Crippen LogP contribution in [0.5, 0.6) is 0 Å². The van der Waals surface area contributed by atoms with Gasteiger partial charge in [-0.15, -0.1) is 0 Å². The van der Waals surface area contributed by atoms with E-state index in [1.165, 1.54) is 0 Å². The van der Waals surface area contributed by atoms with Gasteiger partial charge < -0.3 is 0 Å². The van der Waals surface area contributed by atoms with Crippen molar-refractivity contribution in [2.24, 2.45) is 0 Å². The van der Waals surface area contributed by atoms with E-state index < -0.39 is 10.8 Å². The first-order chi connectivity index (χ1) is 3.48. The average molecular weight is 134 g/mol. The third-order valence-electron chi connectivity index (χ3n) is 0.945. The predicted molar refractivity (Wildman–Crippen MR) is 38.4 cm³/mol. The topological polar surface area (TPSA) is 17.1 Å². The maximum absolute atomic E-state index is 10.9. The molecule has 50 valence electrons. The molecule has 0 saturated heterocycles. The predicted octanol–water partition coefficient (Wildman–Crippen LogP) is 1.55. The van der Waals surface area contributed by atoms with Gasteiger partial charge in [0.2, 0.25) is 0 Å². The van der Waals surface area contributed by atoms with Crippen LogP contribution in [0.2, 0.25) is 0 Å². The van der Waals surface area contributed by atoms with E-state index in [-0.39, 0.29) is 4.75 Å². The van der Waals surface area contributed by atoms with Crippen molar-refractivity contribution in [3.63, 3.8) is 0 Å². The molecular weight excluding hydrogens is 120 g/mol. The molecular formula is C6H14OS. The summed E-state index contributed by atoms with van der Waals surface area (Å²) in [5, 5.41) is 0. The van der Waals surface area contributed by atoms with Gasteiger partial charge in [0.05, 0.1) is 0 Å². The van der Waals surface area contributed by atoms with Crippen molar-refractivity contribution in [3.05, 3.63) is 0 Å². The molecule has 2 heteroatoms. The molecule has 0 spiro atoms. The highest BCUT2D eigenvalue weighted by Crippen LogP contribution is 2.09. The van der Waals surface area contributed by atoms with Crippen molar-refractivity contribution < 1.29 is 4.21 Å². The average Bonchev–Trinajstić information content (AvgIpc) is 1.62. The van der Waals surface area contributed by atoms with E-state index in [0.717, 1.165) is 5.75 Å². The summed E-state index contributed by atoms with van der Waals surface area (Å²) in [7, 11) is -0.644. The largest absolute Gasteiger partial charge is 0.259 e. The summed E-state index contributed by atoms with van der Waals surface area (Å²) in [6, 6.07) is 0. The molecule has 0 unspecified atom stereocenters. The lowest BCUT2D eigenvalue weighted by Gasteiger charge is -2.15. The molecule has 0 N–H and O–H groups in total. The molecule has 0 aliphatic heterocycles. The van der Waals surface area contributed by atoms with E-state index in [4.69, 9.17) is 0 Å². The van der Waals surface area contributed by atoms with Crippen LogP contribution in [0.4, 0.5) is 0 Å². The minimum atomic E-state index is -0.644. The molecule has 0 rings (SSSR count). The van der Waals surface area contributed by atoms with Gasteiger partial charge in [-0.25, -0.2) is 0 Å². The Morgan fingerprint density at radius 2 is 1.75 bits per heavy atom. The molecule has 0 amide bonds. The van der Waals surface area contributed by atoms with Gasteiger partial charge in [0, 0.05) is 21.3 Å². The van der Waals surface area contributed by atoms with Crippen LogP contribution in [0.1, 0.15) is 27.7 Å². The lowest BCUT2D eigenvalue weighted by Crippen LogP contribution is -2.22. The van der Waals surface area contributed by atoms with E-state index in [1.54, 1.807) is 0 Å². The minimum Gasteiger partial charge on any atom is -0.259 e. The van der Waals surface area contributed by atoms with Gasteiger partial charge in [-0.05, 0) is 20.8 Å². The van der Waals surface area contributed by atoms with Crippen LogP contribution in [0.15, 0.2) is 0 Å². The smallest absolute Gasteiger partial charge is 0.0374 e. The van der Waals surface area contributed by atoms with Gasteiger partial charge in [-0.2, -0.15) is 0 Å². The van der Waals surface area contributed by atoms with Crippen LogP contribution in [-0.4, -0.2) is 14.7 Å². The van der Waals surface area contributed by atoms with Crippen LogP contribution >= 0.6 is 0 Å². The summed E-state index contributed by atoms with van der Waals surface area (Å²) >= 11 is 0. The Kier molecular flexibility index (Phi) is 2.67. The van der Waals surface area contributed by atoms with Crippen molar-refractivity contribution in [1.29, 1.82) is 0 Å². The van der Waals surface area contributed by atoms with Crippen molar-refractivity contribution in [2.45, 2.75) is 32.4 Å². The Morgan fingerprint density at radius 1 is 1.38 bits per heavy atom. The molecule has 8 heavy (non-hydrogen) atoms. The fourth-order valence-electron chi connectivity index (χ4n) is 0.433. The highest BCUT2D eigenvalue weighted by atomic mass is 32.2. The molecule has 0 aliphatic carbocycles. The third-order valence-corrected chi connectivity index (χ3v) is 2.84. The fourth-order valence-corrected chi connectivity index (χ4v) is 1.30. The number of rotatable bonds is 1. The molecule has 0 bridgehead atoms. The van der Waals surface area contributed by atoms with Gasteiger partial charge in [0.25, 0.3) is 0 Å². The van der Waals surface area contributed by atoms with Crippen molar-refractivity contribution in [3.8, 4) is 0 Å². The van der Waals surface area contributed by atoms with E-state index in [9.17, 15) is 4.21 Å². The fraction of sp³-hybridized carbons (Fsp3) is 1.00. The summed E-state index contributed by atoms with van der Waals surface area (Å²) in [6.45, 7) is 7.92. The van der Waals surface area contributed by atoms with E-state index >= 15 is 0 Å². The summed E-state index contributed by atoms with van der Waals surface area (Å²) in [4.78, 5) is 0.